The molecule has 1 unspecified atom stereocenters. The normalized spacial score (nSPS) is 13.1. The highest BCUT2D eigenvalue weighted by atomic mass is 16.4. The molecule has 0 aliphatic heterocycles. The molecular weight excluding hydrogens is 268 g/mol. The molecule has 124 valence electrons. The number of carboxylic acid groups (broad SMARTS) is 1. The highest BCUT2D eigenvalue weighted by Gasteiger charge is 2.25. The van der Waals surface area contributed by atoms with Crippen molar-refractivity contribution in [2.75, 3.05) is 20.1 Å². The van der Waals surface area contributed by atoms with Gasteiger partial charge in [-0.25, -0.2) is 4.79 Å². The monoisotopic (exact) mass is 300 g/mol. The molecule has 0 radical (unpaired) electrons. The maximum Gasteiger partial charge on any atom is 0.317 e. The minimum absolute atomic E-state index is 0.0456. The predicted octanol–water partition coefficient (Wildman–Crippen LogP) is 3.20. The number of hydrogen-bond acceptors (Lipinski definition) is 2. The zero-order chi connectivity index (χ0) is 16.6. The number of amides is 2. The van der Waals surface area contributed by atoms with Crippen molar-refractivity contribution in [1.29, 1.82) is 0 Å². The number of carboxylic acids is 1. The average molecular weight is 300 g/mol. The molecule has 0 aromatic heterocycles. The van der Waals surface area contributed by atoms with Crippen LogP contribution in [-0.2, 0) is 4.79 Å². The van der Waals surface area contributed by atoms with Crippen LogP contribution in [-0.4, -0.2) is 42.1 Å². The summed E-state index contributed by atoms with van der Waals surface area (Å²) in [5.41, 5.74) is 0.0456. The lowest BCUT2D eigenvalue weighted by Crippen LogP contribution is -2.40. The topological polar surface area (TPSA) is 69.6 Å². The molecule has 0 aromatic carbocycles. The Balaban J connectivity index is 4.24. The maximum atomic E-state index is 11.9. The van der Waals surface area contributed by atoms with Crippen molar-refractivity contribution in [3.63, 3.8) is 0 Å². The molecule has 0 saturated heterocycles. The summed E-state index contributed by atoms with van der Waals surface area (Å²) in [6.45, 7) is 11.8. The van der Waals surface area contributed by atoms with E-state index in [0.717, 1.165) is 13.0 Å². The van der Waals surface area contributed by atoms with E-state index in [1.807, 2.05) is 0 Å². The van der Waals surface area contributed by atoms with Gasteiger partial charge in [-0.1, -0.05) is 34.6 Å². The molecule has 21 heavy (non-hydrogen) atoms. The molecule has 0 saturated carbocycles. The Hall–Kier alpha value is -1.26. The lowest BCUT2D eigenvalue weighted by Gasteiger charge is -2.31. The van der Waals surface area contributed by atoms with Crippen LogP contribution in [0.15, 0.2) is 0 Å². The number of nitrogens with zero attached hydrogens (tertiary/aromatic N) is 1. The van der Waals surface area contributed by atoms with E-state index in [1.54, 1.807) is 11.9 Å². The van der Waals surface area contributed by atoms with Gasteiger partial charge in [0, 0.05) is 26.6 Å². The molecule has 5 nitrogen and oxygen atoms in total. The Labute approximate surface area is 129 Å². The van der Waals surface area contributed by atoms with Crippen LogP contribution in [0, 0.1) is 17.3 Å². The minimum atomic E-state index is -0.759. The Morgan fingerprint density at radius 1 is 1.19 bits per heavy atom. The smallest absolute Gasteiger partial charge is 0.317 e. The standard InChI is InChI=1S/C16H32N2O3/c1-12(2)11-18(6)15(21)17-10-9-13(16(3,4)5)7-8-14(19)20/h12-13H,7-11H2,1-6H3,(H,17,21)(H,19,20). The molecule has 0 bridgehead atoms. The van der Waals surface area contributed by atoms with Crippen molar-refractivity contribution in [2.45, 2.75) is 53.9 Å². The van der Waals surface area contributed by atoms with Crippen molar-refractivity contribution in [2.24, 2.45) is 17.3 Å². The molecule has 0 rings (SSSR count). The van der Waals surface area contributed by atoms with Crippen LogP contribution in [0.25, 0.3) is 0 Å². The second-order valence-corrected chi connectivity index (χ2v) is 7.29. The lowest BCUT2D eigenvalue weighted by atomic mass is 9.76. The summed E-state index contributed by atoms with van der Waals surface area (Å²) in [5, 5.41) is 11.7. The lowest BCUT2D eigenvalue weighted by molar-refractivity contribution is -0.137. The fraction of sp³-hybridized carbons (Fsp3) is 0.875. The van der Waals surface area contributed by atoms with Crippen LogP contribution >= 0.6 is 0 Å². The quantitative estimate of drug-likeness (QED) is 0.723. The number of hydrogen-bond donors (Lipinski definition) is 2. The van der Waals surface area contributed by atoms with Crippen molar-refractivity contribution in [3.8, 4) is 0 Å². The fourth-order valence-electron chi connectivity index (χ4n) is 2.43. The first-order valence-corrected chi connectivity index (χ1v) is 7.74. The molecule has 0 aliphatic carbocycles. The van der Waals surface area contributed by atoms with Crippen LogP contribution in [0.1, 0.15) is 53.9 Å². The van der Waals surface area contributed by atoms with Gasteiger partial charge in [-0.3, -0.25) is 4.79 Å². The van der Waals surface area contributed by atoms with Gasteiger partial charge < -0.3 is 15.3 Å². The van der Waals surface area contributed by atoms with Gasteiger partial charge in [0.05, 0.1) is 0 Å². The van der Waals surface area contributed by atoms with E-state index < -0.39 is 5.97 Å². The van der Waals surface area contributed by atoms with E-state index in [9.17, 15) is 9.59 Å². The Morgan fingerprint density at radius 2 is 1.76 bits per heavy atom. The summed E-state index contributed by atoms with van der Waals surface area (Å²) in [4.78, 5) is 24.3. The average Bonchev–Trinajstić information content (AvgIpc) is 2.30. The number of carbonyl (C=O) groups is 2. The van der Waals surface area contributed by atoms with Crippen molar-refractivity contribution in [3.05, 3.63) is 0 Å². The third-order valence-corrected chi connectivity index (χ3v) is 3.69. The van der Waals surface area contributed by atoms with Gasteiger partial charge >= 0.3 is 12.0 Å². The van der Waals surface area contributed by atoms with E-state index in [2.05, 4.69) is 39.9 Å². The molecule has 2 N–H and O–H groups in total. The number of aliphatic carboxylic acids is 1. The maximum absolute atomic E-state index is 11.9. The molecular formula is C16H32N2O3. The van der Waals surface area contributed by atoms with E-state index in [4.69, 9.17) is 5.11 Å². The summed E-state index contributed by atoms with van der Waals surface area (Å²) in [7, 11) is 1.79. The first-order chi connectivity index (χ1) is 9.54. The summed E-state index contributed by atoms with van der Waals surface area (Å²) in [6.07, 6.45) is 1.64. The third kappa shape index (κ3) is 9.32. The minimum Gasteiger partial charge on any atom is -0.481 e. The van der Waals surface area contributed by atoms with E-state index >= 15 is 0 Å². The second-order valence-electron chi connectivity index (χ2n) is 7.29. The van der Waals surface area contributed by atoms with Crippen molar-refractivity contribution >= 4 is 12.0 Å². The molecule has 5 heteroatoms. The summed E-state index contributed by atoms with van der Waals surface area (Å²) in [5.74, 6) is -0.0344. The van der Waals surface area contributed by atoms with Gasteiger partial charge in [0.25, 0.3) is 0 Å². The Bertz CT molecular complexity index is 335. The van der Waals surface area contributed by atoms with Gasteiger partial charge in [0.2, 0.25) is 0 Å². The van der Waals surface area contributed by atoms with Crippen LogP contribution in [0.5, 0.6) is 0 Å². The summed E-state index contributed by atoms with van der Waals surface area (Å²) >= 11 is 0. The number of nitrogens with one attached hydrogen (secondary N) is 1. The molecule has 0 spiro atoms. The first-order valence-electron chi connectivity index (χ1n) is 7.74. The highest BCUT2D eigenvalue weighted by molar-refractivity contribution is 5.73. The van der Waals surface area contributed by atoms with Crippen LogP contribution in [0.2, 0.25) is 0 Å². The first kappa shape index (κ1) is 19.7. The largest absolute Gasteiger partial charge is 0.481 e. The molecule has 2 amide bonds. The fourth-order valence-corrected chi connectivity index (χ4v) is 2.43. The third-order valence-electron chi connectivity index (χ3n) is 3.69. The van der Waals surface area contributed by atoms with E-state index in [1.165, 1.54) is 0 Å². The van der Waals surface area contributed by atoms with Gasteiger partial charge in [0.1, 0.15) is 0 Å². The Kier molecular flexibility index (Phi) is 8.37. The second kappa shape index (κ2) is 8.90. The number of rotatable bonds is 8. The van der Waals surface area contributed by atoms with Crippen LogP contribution < -0.4 is 5.32 Å². The van der Waals surface area contributed by atoms with Crippen molar-refractivity contribution < 1.29 is 14.7 Å². The molecule has 0 fully saturated rings. The van der Waals surface area contributed by atoms with Gasteiger partial charge in [0.15, 0.2) is 0 Å². The molecule has 0 aromatic rings. The molecule has 0 heterocycles. The number of urea groups is 1. The van der Waals surface area contributed by atoms with Gasteiger partial charge in [-0.05, 0) is 30.1 Å². The zero-order valence-corrected chi connectivity index (χ0v) is 14.4. The summed E-state index contributed by atoms with van der Waals surface area (Å²) in [6, 6.07) is -0.0606. The number of carbonyl (C=O) groups excluding carboxylic acids is 1. The summed E-state index contributed by atoms with van der Waals surface area (Å²) < 4.78 is 0. The molecule has 0 aliphatic rings. The van der Waals surface area contributed by atoms with Crippen molar-refractivity contribution in [1.82, 2.24) is 10.2 Å². The molecule has 1 atom stereocenters. The predicted molar refractivity (Wildman–Crippen MR) is 85.3 cm³/mol. The van der Waals surface area contributed by atoms with Gasteiger partial charge in [-0.2, -0.15) is 0 Å². The van der Waals surface area contributed by atoms with Crippen LogP contribution in [0.4, 0.5) is 4.79 Å². The zero-order valence-electron chi connectivity index (χ0n) is 14.4. The van der Waals surface area contributed by atoms with Crippen LogP contribution in [0.3, 0.4) is 0 Å². The van der Waals surface area contributed by atoms with Gasteiger partial charge in [-0.15, -0.1) is 0 Å². The van der Waals surface area contributed by atoms with E-state index in [0.29, 0.717) is 18.9 Å². The highest BCUT2D eigenvalue weighted by Crippen LogP contribution is 2.32. The van der Waals surface area contributed by atoms with E-state index in [-0.39, 0.29) is 23.8 Å². The SMILES string of the molecule is CC(C)CN(C)C(=O)NCCC(CCC(=O)O)C(C)(C)C. The Morgan fingerprint density at radius 3 is 2.19 bits per heavy atom.